The summed E-state index contributed by atoms with van der Waals surface area (Å²) in [5, 5.41) is 0. The average Bonchev–Trinajstić information content (AvgIpc) is 2.66. The van der Waals surface area contributed by atoms with Gasteiger partial charge in [-0.2, -0.15) is 0 Å². The Bertz CT molecular complexity index is 157. The molecule has 0 saturated heterocycles. The molecule has 1 aliphatic rings. The first-order valence-corrected chi connectivity index (χ1v) is 5.53. The highest BCUT2D eigenvalue weighted by Crippen LogP contribution is 2.25. The molecule has 1 rings (SSSR count). The lowest BCUT2D eigenvalue weighted by Crippen LogP contribution is -2.32. The van der Waals surface area contributed by atoms with Crippen LogP contribution in [0.3, 0.4) is 0 Å². The molecule has 1 aliphatic carbocycles. The Labute approximate surface area is 81.3 Å². The van der Waals surface area contributed by atoms with E-state index in [9.17, 15) is 4.79 Å². The van der Waals surface area contributed by atoms with E-state index in [-0.39, 0.29) is 0 Å². The van der Waals surface area contributed by atoms with Crippen LogP contribution in [0, 0.1) is 5.92 Å². The molecule has 0 aliphatic heterocycles. The summed E-state index contributed by atoms with van der Waals surface area (Å²) in [6.07, 6.45) is 4.80. The van der Waals surface area contributed by atoms with Crippen molar-refractivity contribution in [3.8, 4) is 0 Å². The number of rotatable bonds is 5. The second-order valence-electron chi connectivity index (χ2n) is 3.91. The van der Waals surface area contributed by atoms with Crippen molar-refractivity contribution in [1.82, 2.24) is 4.90 Å². The minimum Gasteiger partial charge on any atom is -0.298 e. The van der Waals surface area contributed by atoms with Gasteiger partial charge in [-0.15, -0.1) is 0 Å². The van der Waals surface area contributed by atoms with Crippen LogP contribution < -0.4 is 0 Å². The van der Waals surface area contributed by atoms with Crippen LogP contribution in [0.2, 0.25) is 0 Å². The van der Waals surface area contributed by atoms with Crippen molar-refractivity contribution in [2.45, 2.75) is 39.5 Å². The molecule has 13 heavy (non-hydrogen) atoms. The molecule has 0 N–H and O–H groups in total. The fourth-order valence-electron chi connectivity index (χ4n) is 2.04. The largest absolute Gasteiger partial charge is 0.298 e. The molecule has 0 radical (unpaired) electrons. The van der Waals surface area contributed by atoms with Gasteiger partial charge in [-0.3, -0.25) is 9.69 Å². The Kier molecular flexibility index (Phi) is 4.43. The molecular weight excluding hydrogens is 162 g/mol. The number of hydrogen-bond donors (Lipinski definition) is 0. The van der Waals surface area contributed by atoms with Crippen LogP contribution in [0.1, 0.15) is 39.5 Å². The maximum atomic E-state index is 11.7. The normalized spacial score (nSPS) is 18.4. The molecule has 0 aromatic carbocycles. The third-order valence-electron chi connectivity index (χ3n) is 3.08. The van der Waals surface area contributed by atoms with Crippen molar-refractivity contribution in [3.05, 3.63) is 0 Å². The molecule has 0 aromatic heterocycles. The molecule has 1 saturated carbocycles. The third kappa shape index (κ3) is 3.11. The van der Waals surface area contributed by atoms with Crippen LogP contribution in [0.5, 0.6) is 0 Å². The maximum Gasteiger partial charge on any atom is 0.149 e. The van der Waals surface area contributed by atoms with E-state index in [1.54, 1.807) is 0 Å². The third-order valence-corrected chi connectivity index (χ3v) is 3.08. The van der Waals surface area contributed by atoms with Crippen LogP contribution in [-0.4, -0.2) is 30.3 Å². The molecular formula is C11H21NO. The van der Waals surface area contributed by atoms with E-state index in [4.69, 9.17) is 0 Å². The Morgan fingerprint density at radius 1 is 1.23 bits per heavy atom. The number of likely N-dealkylation sites (N-methyl/N-ethyl adjacent to an activating group) is 1. The molecule has 1 fully saturated rings. The van der Waals surface area contributed by atoms with Crippen molar-refractivity contribution in [3.63, 3.8) is 0 Å². The lowest BCUT2D eigenvalue weighted by molar-refractivity contribution is -0.123. The van der Waals surface area contributed by atoms with Gasteiger partial charge >= 0.3 is 0 Å². The van der Waals surface area contributed by atoms with Gasteiger partial charge in [0.2, 0.25) is 0 Å². The number of carbonyl (C=O) groups is 1. The van der Waals surface area contributed by atoms with Crippen molar-refractivity contribution < 1.29 is 4.79 Å². The van der Waals surface area contributed by atoms with Gasteiger partial charge in [-0.1, -0.05) is 26.7 Å². The summed E-state index contributed by atoms with van der Waals surface area (Å²) in [5.74, 6) is 0.863. The summed E-state index contributed by atoms with van der Waals surface area (Å²) in [6.45, 7) is 6.90. The van der Waals surface area contributed by atoms with E-state index in [2.05, 4.69) is 18.7 Å². The summed E-state index contributed by atoms with van der Waals surface area (Å²) < 4.78 is 0. The molecule has 0 amide bonds. The first-order valence-electron chi connectivity index (χ1n) is 5.53. The van der Waals surface area contributed by atoms with Crippen molar-refractivity contribution >= 4 is 5.78 Å². The molecule has 0 atom stereocenters. The molecule has 76 valence electrons. The van der Waals surface area contributed by atoms with Gasteiger partial charge < -0.3 is 0 Å². The highest BCUT2D eigenvalue weighted by Gasteiger charge is 2.23. The lowest BCUT2D eigenvalue weighted by Gasteiger charge is -2.18. The van der Waals surface area contributed by atoms with E-state index in [0.717, 1.165) is 25.9 Å². The van der Waals surface area contributed by atoms with Crippen LogP contribution in [0.15, 0.2) is 0 Å². The SMILES string of the molecule is CCN(CC)CC(=O)C1CCCC1. The zero-order valence-corrected chi connectivity index (χ0v) is 8.88. The zero-order chi connectivity index (χ0) is 9.68. The second kappa shape index (κ2) is 5.38. The van der Waals surface area contributed by atoms with Crippen LogP contribution in [0.25, 0.3) is 0 Å². The second-order valence-corrected chi connectivity index (χ2v) is 3.91. The van der Waals surface area contributed by atoms with Gasteiger partial charge in [-0.05, 0) is 25.9 Å². The van der Waals surface area contributed by atoms with Gasteiger partial charge in [0.25, 0.3) is 0 Å². The molecule has 2 nitrogen and oxygen atoms in total. The number of carbonyl (C=O) groups excluding carboxylic acids is 1. The Morgan fingerprint density at radius 2 is 1.77 bits per heavy atom. The highest BCUT2D eigenvalue weighted by molar-refractivity contribution is 5.83. The number of Topliss-reactive ketones (excluding diaryl/α,β-unsaturated/α-hetero) is 1. The van der Waals surface area contributed by atoms with Gasteiger partial charge in [-0.25, -0.2) is 0 Å². The van der Waals surface area contributed by atoms with Crippen molar-refractivity contribution in [2.24, 2.45) is 5.92 Å². The van der Waals surface area contributed by atoms with Gasteiger partial charge in [0.15, 0.2) is 0 Å². The van der Waals surface area contributed by atoms with Crippen LogP contribution in [-0.2, 0) is 4.79 Å². The Hall–Kier alpha value is -0.370. The van der Waals surface area contributed by atoms with Crippen LogP contribution in [0.4, 0.5) is 0 Å². The molecule has 2 heteroatoms. The maximum absolute atomic E-state index is 11.7. The van der Waals surface area contributed by atoms with E-state index in [1.165, 1.54) is 12.8 Å². The summed E-state index contributed by atoms with van der Waals surface area (Å²) in [6, 6.07) is 0. The van der Waals surface area contributed by atoms with Crippen molar-refractivity contribution in [2.75, 3.05) is 19.6 Å². The fraction of sp³-hybridized carbons (Fsp3) is 0.909. The minimum atomic E-state index is 0.389. The first-order chi connectivity index (χ1) is 6.27. The Balaban J connectivity index is 2.30. The number of hydrogen-bond acceptors (Lipinski definition) is 2. The summed E-state index contributed by atoms with van der Waals surface area (Å²) in [5.41, 5.74) is 0. The van der Waals surface area contributed by atoms with Gasteiger partial charge in [0.05, 0.1) is 6.54 Å². The van der Waals surface area contributed by atoms with E-state index >= 15 is 0 Å². The van der Waals surface area contributed by atoms with E-state index in [0.29, 0.717) is 18.2 Å². The molecule has 0 unspecified atom stereocenters. The molecule has 0 aromatic rings. The van der Waals surface area contributed by atoms with Gasteiger partial charge in [0, 0.05) is 5.92 Å². The van der Waals surface area contributed by atoms with Crippen LogP contribution >= 0.6 is 0 Å². The Morgan fingerprint density at radius 3 is 2.23 bits per heavy atom. The molecule has 0 heterocycles. The predicted octanol–water partition coefficient (Wildman–Crippen LogP) is 2.09. The fourth-order valence-corrected chi connectivity index (χ4v) is 2.04. The monoisotopic (exact) mass is 183 g/mol. The topological polar surface area (TPSA) is 20.3 Å². The molecule has 0 spiro atoms. The first kappa shape index (κ1) is 10.7. The quantitative estimate of drug-likeness (QED) is 0.650. The zero-order valence-electron chi connectivity index (χ0n) is 8.88. The van der Waals surface area contributed by atoms with Gasteiger partial charge in [0.1, 0.15) is 5.78 Å². The smallest absolute Gasteiger partial charge is 0.149 e. The number of nitrogens with zero attached hydrogens (tertiary/aromatic N) is 1. The summed E-state index contributed by atoms with van der Waals surface area (Å²) in [7, 11) is 0. The summed E-state index contributed by atoms with van der Waals surface area (Å²) in [4.78, 5) is 13.9. The molecule has 0 bridgehead atoms. The van der Waals surface area contributed by atoms with E-state index < -0.39 is 0 Å². The summed E-state index contributed by atoms with van der Waals surface area (Å²) >= 11 is 0. The standard InChI is InChI=1S/C11H21NO/c1-3-12(4-2)9-11(13)10-7-5-6-8-10/h10H,3-9H2,1-2H3. The minimum absolute atomic E-state index is 0.389. The highest BCUT2D eigenvalue weighted by atomic mass is 16.1. The average molecular weight is 183 g/mol. The lowest BCUT2D eigenvalue weighted by atomic mass is 10.0. The predicted molar refractivity (Wildman–Crippen MR) is 54.8 cm³/mol. The number of ketones is 1. The van der Waals surface area contributed by atoms with Crippen molar-refractivity contribution in [1.29, 1.82) is 0 Å². The van der Waals surface area contributed by atoms with E-state index in [1.807, 2.05) is 0 Å².